The van der Waals surface area contributed by atoms with Crippen molar-refractivity contribution in [3.8, 4) is 0 Å². The Balaban J connectivity index is 2.35. The van der Waals surface area contributed by atoms with Crippen molar-refractivity contribution in [2.45, 2.75) is 31.7 Å². The molecule has 2 nitrogen and oxygen atoms in total. The average Bonchev–Trinajstić information content (AvgIpc) is 2.32. The van der Waals surface area contributed by atoms with E-state index in [0.29, 0.717) is 16.9 Å². The predicted molar refractivity (Wildman–Crippen MR) is 73.0 cm³/mol. The van der Waals surface area contributed by atoms with Crippen molar-refractivity contribution in [1.29, 1.82) is 0 Å². The van der Waals surface area contributed by atoms with E-state index in [1.54, 1.807) is 6.07 Å². The highest BCUT2D eigenvalue weighted by molar-refractivity contribution is 8.00. The van der Waals surface area contributed by atoms with Crippen molar-refractivity contribution < 1.29 is 4.39 Å². The van der Waals surface area contributed by atoms with Gasteiger partial charge in [0, 0.05) is 41.4 Å². The van der Waals surface area contributed by atoms with E-state index in [9.17, 15) is 4.39 Å². The highest BCUT2D eigenvalue weighted by Crippen LogP contribution is 2.31. The first-order valence-electron chi connectivity index (χ1n) is 6.01. The van der Waals surface area contributed by atoms with Crippen LogP contribution in [0.4, 0.5) is 10.1 Å². The fraction of sp³-hybridized carbons (Fsp3) is 0.538. The van der Waals surface area contributed by atoms with Gasteiger partial charge in [-0.05, 0) is 19.1 Å². The van der Waals surface area contributed by atoms with Crippen LogP contribution in [0.1, 0.15) is 19.4 Å². The number of halogens is 1. The van der Waals surface area contributed by atoms with E-state index < -0.39 is 0 Å². The summed E-state index contributed by atoms with van der Waals surface area (Å²) >= 11 is 1.98. The van der Waals surface area contributed by atoms with E-state index in [4.69, 9.17) is 5.73 Å². The molecule has 94 valence electrons. The molecule has 4 heteroatoms. The number of hydrogen-bond donors (Lipinski definition) is 1. The maximum atomic E-state index is 13.7. The lowest BCUT2D eigenvalue weighted by Gasteiger charge is -2.40. The number of hydrogen-bond acceptors (Lipinski definition) is 3. The SMILES string of the molecule is CC1SCCN(c2cccc(F)c2CN)C1C. The van der Waals surface area contributed by atoms with Crippen LogP contribution >= 0.6 is 11.8 Å². The van der Waals surface area contributed by atoms with E-state index in [-0.39, 0.29) is 12.4 Å². The molecule has 0 bridgehead atoms. The van der Waals surface area contributed by atoms with Gasteiger partial charge < -0.3 is 10.6 Å². The summed E-state index contributed by atoms with van der Waals surface area (Å²) in [4.78, 5) is 2.28. The van der Waals surface area contributed by atoms with Gasteiger partial charge in [-0.2, -0.15) is 11.8 Å². The molecule has 1 aliphatic rings. The molecule has 1 heterocycles. The van der Waals surface area contributed by atoms with Crippen molar-refractivity contribution in [3.05, 3.63) is 29.6 Å². The molecule has 0 aliphatic carbocycles. The molecule has 1 aromatic carbocycles. The van der Waals surface area contributed by atoms with Crippen LogP contribution in [0.5, 0.6) is 0 Å². The minimum absolute atomic E-state index is 0.192. The Kier molecular flexibility index (Phi) is 3.94. The summed E-state index contributed by atoms with van der Waals surface area (Å²) in [5.41, 5.74) is 7.27. The number of rotatable bonds is 2. The topological polar surface area (TPSA) is 29.3 Å². The average molecular weight is 254 g/mol. The van der Waals surface area contributed by atoms with Crippen LogP contribution in [-0.4, -0.2) is 23.6 Å². The summed E-state index contributed by atoms with van der Waals surface area (Å²) in [6, 6.07) is 5.65. The summed E-state index contributed by atoms with van der Waals surface area (Å²) < 4.78 is 13.7. The van der Waals surface area contributed by atoms with Gasteiger partial charge in [0.05, 0.1) is 0 Å². The first-order valence-corrected chi connectivity index (χ1v) is 7.05. The smallest absolute Gasteiger partial charge is 0.129 e. The normalized spacial score (nSPS) is 25.1. The molecule has 1 aromatic rings. The van der Waals surface area contributed by atoms with Crippen molar-refractivity contribution in [3.63, 3.8) is 0 Å². The maximum absolute atomic E-state index is 13.7. The van der Waals surface area contributed by atoms with Gasteiger partial charge in [-0.25, -0.2) is 4.39 Å². The molecule has 1 aliphatic heterocycles. The maximum Gasteiger partial charge on any atom is 0.129 e. The van der Waals surface area contributed by atoms with Gasteiger partial charge in [0.2, 0.25) is 0 Å². The Morgan fingerprint density at radius 3 is 2.94 bits per heavy atom. The summed E-state index contributed by atoms with van der Waals surface area (Å²) in [5.74, 6) is 0.898. The van der Waals surface area contributed by atoms with Gasteiger partial charge in [0.25, 0.3) is 0 Å². The molecule has 0 saturated carbocycles. The zero-order chi connectivity index (χ0) is 12.4. The Morgan fingerprint density at radius 1 is 1.47 bits per heavy atom. The number of benzene rings is 1. The summed E-state index contributed by atoms with van der Waals surface area (Å²) in [5, 5.41) is 0.567. The van der Waals surface area contributed by atoms with Gasteiger partial charge in [0.15, 0.2) is 0 Å². The van der Waals surface area contributed by atoms with Crippen molar-refractivity contribution in [1.82, 2.24) is 0 Å². The van der Waals surface area contributed by atoms with Crippen LogP contribution < -0.4 is 10.6 Å². The number of anilines is 1. The van der Waals surface area contributed by atoms with Crippen molar-refractivity contribution in [2.75, 3.05) is 17.2 Å². The standard InChI is InChI=1S/C13H19FN2S/c1-9-10(2)17-7-6-16(9)13-5-3-4-12(14)11(13)8-15/h3-5,9-10H,6-8,15H2,1-2H3. The lowest BCUT2D eigenvalue weighted by Crippen LogP contribution is -2.45. The van der Waals surface area contributed by atoms with Gasteiger partial charge in [-0.3, -0.25) is 0 Å². The van der Waals surface area contributed by atoms with Crippen LogP contribution in [0.2, 0.25) is 0 Å². The summed E-state index contributed by atoms with van der Waals surface area (Å²) in [6.45, 7) is 5.64. The molecule has 17 heavy (non-hydrogen) atoms. The molecule has 2 rings (SSSR count). The van der Waals surface area contributed by atoms with Gasteiger partial charge in [0.1, 0.15) is 5.82 Å². The number of nitrogens with zero attached hydrogens (tertiary/aromatic N) is 1. The van der Waals surface area contributed by atoms with E-state index in [1.807, 2.05) is 17.8 Å². The quantitative estimate of drug-likeness (QED) is 0.879. The molecule has 0 aromatic heterocycles. The molecule has 2 N–H and O–H groups in total. The number of nitrogens with two attached hydrogens (primary N) is 1. The minimum atomic E-state index is -0.192. The second kappa shape index (κ2) is 5.27. The second-order valence-electron chi connectivity index (χ2n) is 4.45. The third-order valence-electron chi connectivity index (χ3n) is 3.49. The van der Waals surface area contributed by atoms with E-state index in [2.05, 4.69) is 18.7 Å². The van der Waals surface area contributed by atoms with Crippen LogP contribution in [0, 0.1) is 5.82 Å². The van der Waals surface area contributed by atoms with E-state index >= 15 is 0 Å². The molecule has 0 spiro atoms. The number of thioether (sulfide) groups is 1. The Bertz CT molecular complexity index is 397. The molecular weight excluding hydrogens is 235 g/mol. The largest absolute Gasteiger partial charge is 0.367 e. The van der Waals surface area contributed by atoms with Crippen LogP contribution in [0.25, 0.3) is 0 Å². The van der Waals surface area contributed by atoms with E-state index in [1.165, 1.54) is 6.07 Å². The van der Waals surface area contributed by atoms with E-state index in [0.717, 1.165) is 18.0 Å². The molecule has 1 saturated heterocycles. The molecule has 1 fully saturated rings. The zero-order valence-corrected chi connectivity index (χ0v) is 11.1. The fourth-order valence-electron chi connectivity index (χ4n) is 2.29. The second-order valence-corrected chi connectivity index (χ2v) is 5.94. The Morgan fingerprint density at radius 2 is 2.24 bits per heavy atom. The summed E-state index contributed by atoms with van der Waals surface area (Å²) in [7, 11) is 0. The van der Waals surface area contributed by atoms with Crippen molar-refractivity contribution >= 4 is 17.4 Å². The lowest BCUT2D eigenvalue weighted by molar-refractivity contribution is 0.595. The van der Waals surface area contributed by atoms with Gasteiger partial charge >= 0.3 is 0 Å². The van der Waals surface area contributed by atoms with Crippen LogP contribution in [-0.2, 0) is 6.54 Å². The monoisotopic (exact) mass is 254 g/mol. The lowest BCUT2D eigenvalue weighted by atomic mass is 10.1. The highest BCUT2D eigenvalue weighted by atomic mass is 32.2. The third-order valence-corrected chi connectivity index (χ3v) is 4.83. The van der Waals surface area contributed by atoms with Crippen molar-refractivity contribution in [2.24, 2.45) is 5.73 Å². The zero-order valence-electron chi connectivity index (χ0n) is 10.3. The highest BCUT2D eigenvalue weighted by Gasteiger charge is 2.27. The molecule has 2 atom stereocenters. The van der Waals surface area contributed by atoms with Crippen LogP contribution in [0.15, 0.2) is 18.2 Å². The first-order chi connectivity index (χ1) is 8.15. The van der Waals surface area contributed by atoms with Gasteiger partial charge in [-0.1, -0.05) is 13.0 Å². The Labute approximate surface area is 106 Å². The molecule has 0 radical (unpaired) electrons. The first kappa shape index (κ1) is 12.7. The predicted octanol–water partition coefficient (Wildman–Crippen LogP) is 2.61. The Hall–Kier alpha value is -0.740. The fourth-order valence-corrected chi connectivity index (χ4v) is 3.39. The minimum Gasteiger partial charge on any atom is -0.367 e. The third kappa shape index (κ3) is 2.43. The molecule has 0 amide bonds. The van der Waals surface area contributed by atoms with Crippen LogP contribution in [0.3, 0.4) is 0 Å². The molecular formula is C13H19FN2S. The summed E-state index contributed by atoms with van der Waals surface area (Å²) in [6.07, 6.45) is 0. The van der Waals surface area contributed by atoms with Gasteiger partial charge in [-0.15, -0.1) is 0 Å². The molecule has 2 unspecified atom stereocenters.